The Bertz CT molecular complexity index is 903. The van der Waals surface area contributed by atoms with Crippen LogP contribution in [0.3, 0.4) is 0 Å². The van der Waals surface area contributed by atoms with Crippen molar-refractivity contribution >= 4 is 11.0 Å². The molecule has 0 unspecified atom stereocenters. The molecule has 0 saturated heterocycles. The van der Waals surface area contributed by atoms with Gasteiger partial charge in [0.25, 0.3) is 0 Å². The summed E-state index contributed by atoms with van der Waals surface area (Å²) >= 11 is 0. The van der Waals surface area contributed by atoms with E-state index in [0.717, 1.165) is 0 Å². The molecule has 0 radical (unpaired) electrons. The number of fused-ring (bicyclic) bond motifs is 1. The number of aromatic hydroxyl groups is 1. The van der Waals surface area contributed by atoms with Gasteiger partial charge in [-0.25, -0.2) is 0 Å². The number of phenols is 1. The molecule has 20 heavy (non-hydrogen) atoms. The Morgan fingerprint density at radius 3 is 2.70 bits per heavy atom. The monoisotopic (exact) mass is 263 g/mol. The summed E-state index contributed by atoms with van der Waals surface area (Å²) in [6, 6.07) is 14.7. The molecule has 3 rings (SSSR count). The van der Waals surface area contributed by atoms with Gasteiger partial charge in [0.1, 0.15) is 17.1 Å². The molecule has 0 aliphatic carbocycles. The Morgan fingerprint density at radius 1 is 1.10 bits per heavy atom. The van der Waals surface area contributed by atoms with Gasteiger partial charge in [-0.3, -0.25) is 4.79 Å². The molecule has 0 aliphatic heterocycles. The molecule has 1 heterocycles. The Hall–Kier alpha value is -3.06. The molecule has 0 aliphatic rings. The van der Waals surface area contributed by atoms with Crippen LogP contribution >= 0.6 is 0 Å². The van der Waals surface area contributed by atoms with E-state index in [2.05, 4.69) is 6.07 Å². The van der Waals surface area contributed by atoms with E-state index < -0.39 is 0 Å². The first-order valence-corrected chi connectivity index (χ1v) is 5.95. The average Bonchev–Trinajstić information content (AvgIpc) is 2.47. The molecule has 0 bridgehead atoms. The second-order valence-corrected chi connectivity index (χ2v) is 4.31. The van der Waals surface area contributed by atoms with Crippen LogP contribution in [0.25, 0.3) is 22.3 Å². The van der Waals surface area contributed by atoms with E-state index in [4.69, 9.17) is 9.68 Å². The fourth-order valence-electron chi connectivity index (χ4n) is 2.07. The van der Waals surface area contributed by atoms with Gasteiger partial charge < -0.3 is 9.52 Å². The second kappa shape index (κ2) is 4.56. The zero-order valence-electron chi connectivity index (χ0n) is 10.3. The summed E-state index contributed by atoms with van der Waals surface area (Å²) in [6.07, 6.45) is 0. The van der Waals surface area contributed by atoms with E-state index in [-0.39, 0.29) is 11.2 Å². The quantitative estimate of drug-likeness (QED) is 0.732. The predicted octanol–water partition coefficient (Wildman–Crippen LogP) is 3.04. The third-order valence-electron chi connectivity index (χ3n) is 3.02. The standard InChI is InChI=1S/C16H9NO3/c17-9-10-3-1-2-4-12(10)16-8-14(19)13-7-11(18)5-6-15(13)20-16/h1-8,18H. The first kappa shape index (κ1) is 12.0. The highest BCUT2D eigenvalue weighted by Gasteiger charge is 2.10. The number of nitrogens with zero attached hydrogens (tertiary/aromatic N) is 1. The van der Waals surface area contributed by atoms with E-state index in [1.165, 1.54) is 24.3 Å². The molecule has 4 heteroatoms. The van der Waals surface area contributed by atoms with Crippen molar-refractivity contribution in [2.45, 2.75) is 0 Å². The Kier molecular flexibility index (Phi) is 2.73. The number of rotatable bonds is 1. The number of benzene rings is 2. The summed E-state index contributed by atoms with van der Waals surface area (Å²) in [5.74, 6) is 0.348. The topological polar surface area (TPSA) is 74.2 Å². The highest BCUT2D eigenvalue weighted by Crippen LogP contribution is 2.26. The zero-order valence-corrected chi connectivity index (χ0v) is 10.3. The van der Waals surface area contributed by atoms with Gasteiger partial charge in [0, 0.05) is 11.6 Å². The molecule has 4 nitrogen and oxygen atoms in total. The Labute approximate surface area is 114 Å². The summed E-state index contributed by atoms with van der Waals surface area (Å²) < 4.78 is 5.66. The van der Waals surface area contributed by atoms with Crippen LogP contribution in [0.1, 0.15) is 5.56 Å². The average molecular weight is 263 g/mol. The molecule has 2 aromatic carbocycles. The summed E-state index contributed by atoms with van der Waals surface area (Å²) in [4.78, 5) is 12.1. The Balaban J connectivity index is 2.31. The maximum Gasteiger partial charge on any atom is 0.193 e. The lowest BCUT2D eigenvalue weighted by Gasteiger charge is -2.05. The van der Waals surface area contributed by atoms with E-state index in [1.54, 1.807) is 24.3 Å². The van der Waals surface area contributed by atoms with Gasteiger partial charge in [0.05, 0.1) is 17.0 Å². The van der Waals surface area contributed by atoms with Gasteiger partial charge >= 0.3 is 0 Å². The highest BCUT2D eigenvalue weighted by atomic mass is 16.3. The SMILES string of the molecule is N#Cc1ccccc1-c1cc(=O)c2cc(O)ccc2o1. The van der Waals surface area contributed by atoms with E-state index in [0.29, 0.717) is 27.9 Å². The van der Waals surface area contributed by atoms with E-state index in [9.17, 15) is 9.90 Å². The third kappa shape index (κ3) is 1.91. The van der Waals surface area contributed by atoms with Crippen molar-refractivity contribution in [2.75, 3.05) is 0 Å². The van der Waals surface area contributed by atoms with Gasteiger partial charge in [0.2, 0.25) is 0 Å². The van der Waals surface area contributed by atoms with Crippen molar-refractivity contribution in [2.24, 2.45) is 0 Å². The van der Waals surface area contributed by atoms with E-state index in [1.807, 2.05) is 0 Å². The fourth-order valence-corrected chi connectivity index (χ4v) is 2.07. The van der Waals surface area contributed by atoms with Crippen LogP contribution < -0.4 is 5.43 Å². The molecule has 1 N–H and O–H groups in total. The molecular formula is C16H9NO3. The predicted molar refractivity (Wildman–Crippen MR) is 74.3 cm³/mol. The van der Waals surface area contributed by atoms with Gasteiger partial charge in [-0.2, -0.15) is 5.26 Å². The van der Waals surface area contributed by atoms with Crippen molar-refractivity contribution < 1.29 is 9.52 Å². The number of nitriles is 1. The van der Waals surface area contributed by atoms with Gasteiger partial charge in [-0.1, -0.05) is 12.1 Å². The van der Waals surface area contributed by atoms with Crippen LogP contribution in [0.2, 0.25) is 0 Å². The van der Waals surface area contributed by atoms with Crippen molar-refractivity contribution in [1.29, 1.82) is 5.26 Å². The maximum absolute atomic E-state index is 12.1. The van der Waals surface area contributed by atoms with Crippen LogP contribution in [0, 0.1) is 11.3 Å². The molecule has 3 aromatic rings. The summed E-state index contributed by atoms with van der Waals surface area (Å²) in [5, 5.41) is 18.8. The number of hydrogen-bond donors (Lipinski definition) is 1. The van der Waals surface area contributed by atoms with Gasteiger partial charge in [-0.15, -0.1) is 0 Å². The summed E-state index contributed by atoms with van der Waals surface area (Å²) in [5.41, 5.74) is 1.12. The number of phenolic OH excluding ortho intramolecular Hbond substituents is 1. The molecule has 1 aromatic heterocycles. The minimum atomic E-state index is -0.259. The Morgan fingerprint density at radius 2 is 1.90 bits per heavy atom. The van der Waals surface area contributed by atoms with Crippen LogP contribution in [0.15, 0.2) is 57.7 Å². The minimum absolute atomic E-state index is 0.00924. The summed E-state index contributed by atoms with van der Waals surface area (Å²) in [6.45, 7) is 0. The molecule has 0 saturated carbocycles. The largest absolute Gasteiger partial charge is 0.508 e. The lowest BCUT2D eigenvalue weighted by Crippen LogP contribution is -2.00. The van der Waals surface area contributed by atoms with Crippen molar-refractivity contribution in [3.63, 3.8) is 0 Å². The third-order valence-corrected chi connectivity index (χ3v) is 3.02. The van der Waals surface area contributed by atoms with Crippen LogP contribution in [0.4, 0.5) is 0 Å². The summed E-state index contributed by atoms with van der Waals surface area (Å²) in [7, 11) is 0. The second-order valence-electron chi connectivity index (χ2n) is 4.31. The van der Waals surface area contributed by atoms with Crippen LogP contribution in [-0.2, 0) is 0 Å². The van der Waals surface area contributed by atoms with Crippen molar-refractivity contribution in [3.8, 4) is 23.1 Å². The maximum atomic E-state index is 12.1. The van der Waals surface area contributed by atoms with Gasteiger partial charge in [0.15, 0.2) is 5.43 Å². The molecule has 0 spiro atoms. The molecule has 0 fully saturated rings. The first-order chi connectivity index (χ1) is 9.69. The molecule has 0 atom stereocenters. The lowest BCUT2D eigenvalue weighted by atomic mass is 10.1. The van der Waals surface area contributed by atoms with Crippen LogP contribution in [0.5, 0.6) is 5.75 Å². The van der Waals surface area contributed by atoms with Gasteiger partial charge in [-0.05, 0) is 30.3 Å². The normalized spacial score (nSPS) is 10.3. The lowest BCUT2D eigenvalue weighted by molar-refractivity contribution is 0.475. The fraction of sp³-hybridized carbons (Fsp3) is 0. The first-order valence-electron chi connectivity index (χ1n) is 5.95. The molecule has 96 valence electrons. The smallest absolute Gasteiger partial charge is 0.193 e. The highest BCUT2D eigenvalue weighted by molar-refractivity contribution is 5.80. The molecule has 0 amide bonds. The molecular weight excluding hydrogens is 254 g/mol. The van der Waals surface area contributed by atoms with E-state index >= 15 is 0 Å². The number of hydrogen-bond acceptors (Lipinski definition) is 4. The zero-order chi connectivity index (χ0) is 14.1. The van der Waals surface area contributed by atoms with Crippen LogP contribution in [-0.4, -0.2) is 5.11 Å². The van der Waals surface area contributed by atoms with Crippen molar-refractivity contribution in [1.82, 2.24) is 0 Å². The van der Waals surface area contributed by atoms with Crippen molar-refractivity contribution in [3.05, 3.63) is 64.3 Å². The minimum Gasteiger partial charge on any atom is -0.508 e.